The average Bonchev–Trinajstić information content (AvgIpc) is 3.22. The molecule has 2 aromatic heterocycles. The van der Waals surface area contributed by atoms with Crippen LogP contribution in [0, 0.1) is 6.92 Å². The minimum absolute atomic E-state index is 0.0279. The van der Waals surface area contributed by atoms with E-state index >= 15 is 0 Å². The van der Waals surface area contributed by atoms with Crippen LogP contribution in [0.15, 0.2) is 18.5 Å². The standard InChI is InChI=1S/C17H25N5O2/c1-4-21-10-7-15(19-21)17(23)20-8-5-14(6-9-20)22-13(2)11-18-16(22)12-24-3/h7,10-11,14H,4-6,8-9,12H2,1-3H3. The van der Waals surface area contributed by atoms with E-state index in [4.69, 9.17) is 4.74 Å². The fourth-order valence-electron chi connectivity index (χ4n) is 3.37. The number of likely N-dealkylation sites (tertiary alicyclic amines) is 1. The van der Waals surface area contributed by atoms with E-state index in [1.807, 2.05) is 24.2 Å². The molecule has 0 saturated carbocycles. The quantitative estimate of drug-likeness (QED) is 0.841. The van der Waals surface area contributed by atoms with Crippen molar-refractivity contribution in [2.45, 2.75) is 45.9 Å². The second kappa shape index (κ2) is 7.17. The Kier molecular flexibility index (Phi) is 4.99. The number of hydrogen-bond donors (Lipinski definition) is 0. The molecular weight excluding hydrogens is 306 g/mol. The van der Waals surface area contributed by atoms with Crippen molar-refractivity contribution < 1.29 is 9.53 Å². The van der Waals surface area contributed by atoms with Crippen molar-refractivity contribution in [3.05, 3.63) is 35.7 Å². The number of hydrogen-bond acceptors (Lipinski definition) is 4. The van der Waals surface area contributed by atoms with Gasteiger partial charge in [-0.05, 0) is 32.8 Å². The van der Waals surface area contributed by atoms with Gasteiger partial charge in [0.05, 0.1) is 0 Å². The van der Waals surface area contributed by atoms with Crippen molar-refractivity contribution in [1.29, 1.82) is 0 Å². The first kappa shape index (κ1) is 16.7. The highest BCUT2D eigenvalue weighted by Crippen LogP contribution is 2.26. The summed E-state index contributed by atoms with van der Waals surface area (Å²) in [5.74, 6) is 0.988. The van der Waals surface area contributed by atoms with E-state index in [1.165, 1.54) is 0 Å². The Bertz CT molecular complexity index is 698. The van der Waals surface area contributed by atoms with Crippen LogP contribution < -0.4 is 0 Å². The number of imidazole rings is 1. The number of rotatable bonds is 5. The molecule has 2 aromatic rings. The predicted molar refractivity (Wildman–Crippen MR) is 89.8 cm³/mol. The molecule has 1 saturated heterocycles. The van der Waals surface area contributed by atoms with Crippen LogP contribution >= 0.6 is 0 Å². The van der Waals surface area contributed by atoms with Crippen molar-refractivity contribution in [3.63, 3.8) is 0 Å². The van der Waals surface area contributed by atoms with Gasteiger partial charge in [0.15, 0.2) is 0 Å². The highest BCUT2D eigenvalue weighted by atomic mass is 16.5. The fourth-order valence-corrected chi connectivity index (χ4v) is 3.37. The van der Waals surface area contributed by atoms with E-state index < -0.39 is 0 Å². The van der Waals surface area contributed by atoms with E-state index in [2.05, 4.69) is 21.6 Å². The molecule has 1 amide bonds. The SMILES string of the molecule is CCn1ccc(C(=O)N2CCC(n3c(C)cnc3COC)CC2)n1. The molecule has 0 spiro atoms. The second-order valence-corrected chi connectivity index (χ2v) is 6.20. The smallest absolute Gasteiger partial charge is 0.274 e. The van der Waals surface area contributed by atoms with Gasteiger partial charge in [-0.25, -0.2) is 4.98 Å². The molecule has 1 fully saturated rings. The normalized spacial score (nSPS) is 15.9. The zero-order chi connectivity index (χ0) is 17.1. The van der Waals surface area contributed by atoms with Gasteiger partial charge >= 0.3 is 0 Å². The van der Waals surface area contributed by atoms with Crippen molar-refractivity contribution in [3.8, 4) is 0 Å². The van der Waals surface area contributed by atoms with Crippen molar-refractivity contribution >= 4 is 5.91 Å². The zero-order valence-electron chi connectivity index (χ0n) is 14.6. The van der Waals surface area contributed by atoms with Crippen LogP contribution in [0.1, 0.15) is 47.8 Å². The number of aromatic nitrogens is 4. The highest BCUT2D eigenvalue weighted by Gasteiger charge is 2.27. The molecule has 0 atom stereocenters. The monoisotopic (exact) mass is 331 g/mol. The van der Waals surface area contributed by atoms with Crippen molar-refractivity contribution in [2.24, 2.45) is 0 Å². The summed E-state index contributed by atoms with van der Waals surface area (Å²) in [6.45, 7) is 6.86. The second-order valence-electron chi connectivity index (χ2n) is 6.20. The number of carbonyl (C=O) groups is 1. The Balaban J connectivity index is 1.65. The molecule has 7 heteroatoms. The summed E-state index contributed by atoms with van der Waals surface area (Å²) in [6, 6.07) is 2.17. The summed E-state index contributed by atoms with van der Waals surface area (Å²) in [4.78, 5) is 18.9. The summed E-state index contributed by atoms with van der Waals surface area (Å²) in [7, 11) is 1.69. The molecule has 0 aromatic carbocycles. The summed E-state index contributed by atoms with van der Waals surface area (Å²) < 4.78 is 9.29. The maximum absolute atomic E-state index is 12.6. The molecule has 0 aliphatic carbocycles. The van der Waals surface area contributed by atoms with E-state index in [-0.39, 0.29) is 5.91 Å². The number of piperidine rings is 1. The van der Waals surface area contributed by atoms with Gasteiger partial charge in [0.25, 0.3) is 5.91 Å². The lowest BCUT2D eigenvalue weighted by atomic mass is 10.0. The van der Waals surface area contributed by atoms with Gasteiger partial charge < -0.3 is 14.2 Å². The Morgan fingerprint density at radius 2 is 2.12 bits per heavy atom. The number of methoxy groups -OCH3 is 1. The molecule has 1 aliphatic rings. The van der Waals surface area contributed by atoms with Crippen LogP contribution in [0.3, 0.4) is 0 Å². The molecule has 0 radical (unpaired) electrons. The first-order valence-corrected chi connectivity index (χ1v) is 8.48. The molecule has 3 rings (SSSR count). The van der Waals surface area contributed by atoms with Crippen LogP contribution in [0.25, 0.3) is 0 Å². The number of nitrogens with zero attached hydrogens (tertiary/aromatic N) is 5. The van der Waals surface area contributed by atoms with Crippen LogP contribution in [-0.2, 0) is 17.9 Å². The molecule has 130 valence electrons. The molecular formula is C17H25N5O2. The Labute approximate surface area is 142 Å². The Morgan fingerprint density at radius 3 is 2.75 bits per heavy atom. The maximum atomic E-state index is 12.6. The van der Waals surface area contributed by atoms with Crippen LogP contribution in [0.5, 0.6) is 0 Å². The molecule has 0 bridgehead atoms. The Hall–Kier alpha value is -2.15. The van der Waals surface area contributed by atoms with Gasteiger partial charge in [-0.2, -0.15) is 5.10 Å². The summed E-state index contributed by atoms with van der Waals surface area (Å²) in [6.07, 6.45) is 5.59. The summed E-state index contributed by atoms with van der Waals surface area (Å²) in [5, 5.41) is 4.32. The first-order chi connectivity index (χ1) is 11.6. The lowest BCUT2D eigenvalue weighted by Gasteiger charge is -2.33. The van der Waals surface area contributed by atoms with Crippen molar-refractivity contribution in [1.82, 2.24) is 24.2 Å². The first-order valence-electron chi connectivity index (χ1n) is 8.48. The third-order valence-electron chi connectivity index (χ3n) is 4.63. The number of amides is 1. The lowest BCUT2D eigenvalue weighted by molar-refractivity contribution is 0.0683. The van der Waals surface area contributed by atoms with Crippen LogP contribution in [0.2, 0.25) is 0 Å². The average molecular weight is 331 g/mol. The zero-order valence-corrected chi connectivity index (χ0v) is 14.6. The molecule has 0 unspecified atom stereocenters. The largest absolute Gasteiger partial charge is 0.377 e. The van der Waals surface area contributed by atoms with Gasteiger partial charge in [0.1, 0.15) is 18.1 Å². The van der Waals surface area contributed by atoms with E-state index in [0.717, 1.165) is 44.0 Å². The van der Waals surface area contributed by atoms with Gasteiger partial charge in [-0.3, -0.25) is 9.48 Å². The Morgan fingerprint density at radius 1 is 1.38 bits per heavy atom. The predicted octanol–water partition coefficient (Wildman–Crippen LogP) is 2.03. The molecule has 24 heavy (non-hydrogen) atoms. The van der Waals surface area contributed by atoms with E-state index in [1.54, 1.807) is 17.9 Å². The van der Waals surface area contributed by atoms with Gasteiger partial charge in [0.2, 0.25) is 0 Å². The van der Waals surface area contributed by atoms with E-state index in [0.29, 0.717) is 18.3 Å². The van der Waals surface area contributed by atoms with E-state index in [9.17, 15) is 4.79 Å². The molecule has 3 heterocycles. The van der Waals surface area contributed by atoms with Gasteiger partial charge in [-0.1, -0.05) is 0 Å². The van der Waals surface area contributed by atoms with Gasteiger partial charge in [-0.15, -0.1) is 0 Å². The molecule has 7 nitrogen and oxygen atoms in total. The minimum atomic E-state index is 0.0279. The summed E-state index contributed by atoms with van der Waals surface area (Å²) in [5.41, 5.74) is 1.68. The molecule has 0 N–H and O–H groups in total. The topological polar surface area (TPSA) is 65.2 Å². The third-order valence-corrected chi connectivity index (χ3v) is 4.63. The third kappa shape index (κ3) is 3.21. The minimum Gasteiger partial charge on any atom is -0.377 e. The fraction of sp³-hybridized carbons (Fsp3) is 0.588. The number of ether oxygens (including phenoxy) is 1. The highest BCUT2D eigenvalue weighted by molar-refractivity contribution is 5.92. The number of aryl methyl sites for hydroxylation is 2. The van der Waals surface area contributed by atoms with Crippen LogP contribution in [-0.4, -0.2) is 50.3 Å². The molecule has 1 aliphatic heterocycles. The van der Waals surface area contributed by atoms with Crippen LogP contribution in [0.4, 0.5) is 0 Å². The summed E-state index contributed by atoms with van der Waals surface area (Å²) >= 11 is 0. The number of carbonyl (C=O) groups excluding carboxylic acids is 1. The van der Waals surface area contributed by atoms with Gasteiger partial charge in [0, 0.05) is 50.9 Å². The lowest BCUT2D eigenvalue weighted by Crippen LogP contribution is -2.39. The maximum Gasteiger partial charge on any atom is 0.274 e. The van der Waals surface area contributed by atoms with Crippen molar-refractivity contribution in [2.75, 3.05) is 20.2 Å².